The number of hydrogen-bond acceptors (Lipinski definition) is 2. The summed E-state index contributed by atoms with van der Waals surface area (Å²) >= 11 is 0. The highest BCUT2D eigenvalue weighted by atomic mass is 35.5. The molecular weight excluding hydrogens is 284 g/mol. The van der Waals surface area contributed by atoms with E-state index < -0.39 is 0 Å². The molecule has 21 heavy (non-hydrogen) atoms. The summed E-state index contributed by atoms with van der Waals surface area (Å²) in [7, 11) is 0. The van der Waals surface area contributed by atoms with Gasteiger partial charge >= 0.3 is 0 Å². The molecule has 2 aliphatic rings. The lowest BCUT2D eigenvalue weighted by Crippen LogP contribution is -2.36. The minimum absolute atomic E-state index is 0. The number of nitrogens with two attached hydrogens (primary N) is 1. The number of fused-ring (bicyclic) bond motifs is 1. The number of benzene rings is 1. The topological polar surface area (TPSA) is 55.1 Å². The van der Waals surface area contributed by atoms with Crippen molar-refractivity contribution in [2.24, 2.45) is 17.6 Å². The minimum Gasteiger partial charge on any atom is -0.355 e. The largest absolute Gasteiger partial charge is 0.355 e. The van der Waals surface area contributed by atoms with E-state index in [1.165, 1.54) is 11.1 Å². The molecule has 1 amide bonds. The van der Waals surface area contributed by atoms with Crippen molar-refractivity contribution in [1.82, 2.24) is 5.32 Å². The van der Waals surface area contributed by atoms with Crippen LogP contribution in [0.1, 0.15) is 42.7 Å². The van der Waals surface area contributed by atoms with Crippen LogP contribution >= 0.6 is 12.4 Å². The minimum atomic E-state index is 0. The molecule has 4 heteroatoms. The van der Waals surface area contributed by atoms with Gasteiger partial charge in [-0.3, -0.25) is 4.79 Å². The maximum absolute atomic E-state index is 12.3. The van der Waals surface area contributed by atoms with Crippen molar-refractivity contribution in [2.45, 2.75) is 38.0 Å². The van der Waals surface area contributed by atoms with Gasteiger partial charge in [0, 0.05) is 18.4 Å². The van der Waals surface area contributed by atoms with Crippen LogP contribution in [0.3, 0.4) is 0 Å². The first-order chi connectivity index (χ1) is 9.79. The number of carbonyl (C=O) groups excluding carboxylic acids is 1. The first-order valence-corrected chi connectivity index (χ1v) is 7.85. The van der Waals surface area contributed by atoms with Gasteiger partial charge < -0.3 is 11.1 Å². The fourth-order valence-corrected chi connectivity index (χ4v) is 3.88. The van der Waals surface area contributed by atoms with Crippen LogP contribution in [0.25, 0.3) is 0 Å². The van der Waals surface area contributed by atoms with Crippen LogP contribution in [0, 0.1) is 11.8 Å². The molecule has 0 aromatic heterocycles. The van der Waals surface area contributed by atoms with Crippen LogP contribution in [0.4, 0.5) is 0 Å². The van der Waals surface area contributed by atoms with E-state index in [-0.39, 0.29) is 24.2 Å². The van der Waals surface area contributed by atoms with Crippen LogP contribution in [0.5, 0.6) is 0 Å². The molecule has 1 aromatic rings. The molecular formula is C17H25ClN2O. The molecule has 0 spiro atoms. The van der Waals surface area contributed by atoms with Crippen molar-refractivity contribution >= 4 is 18.3 Å². The molecule has 0 bridgehead atoms. The van der Waals surface area contributed by atoms with Crippen molar-refractivity contribution in [3.8, 4) is 0 Å². The maximum atomic E-state index is 12.3. The van der Waals surface area contributed by atoms with E-state index >= 15 is 0 Å². The molecule has 116 valence electrons. The summed E-state index contributed by atoms with van der Waals surface area (Å²) < 4.78 is 0. The molecule has 0 aliphatic heterocycles. The third kappa shape index (κ3) is 3.41. The Hall–Kier alpha value is -1.06. The van der Waals surface area contributed by atoms with Crippen molar-refractivity contribution in [2.75, 3.05) is 13.1 Å². The highest BCUT2D eigenvalue weighted by molar-refractivity contribution is 5.85. The zero-order chi connectivity index (χ0) is 13.9. The number of halogens is 1. The summed E-state index contributed by atoms with van der Waals surface area (Å²) in [6.45, 7) is 1.42. The first kappa shape index (κ1) is 16.3. The van der Waals surface area contributed by atoms with Gasteiger partial charge in [0.1, 0.15) is 0 Å². The number of aryl methyl sites for hydroxylation is 1. The van der Waals surface area contributed by atoms with E-state index in [2.05, 4.69) is 29.6 Å². The molecule has 1 saturated carbocycles. The monoisotopic (exact) mass is 308 g/mol. The SMILES string of the molecule is Cl.NC[C@H]1CCC[C@H]1C(=O)NCC1CCc2ccccc21. The van der Waals surface area contributed by atoms with E-state index in [0.717, 1.165) is 38.6 Å². The summed E-state index contributed by atoms with van der Waals surface area (Å²) in [5.41, 5.74) is 8.64. The second-order valence-corrected chi connectivity index (χ2v) is 6.21. The molecule has 2 aliphatic carbocycles. The van der Waals surface area contributed by atoms with E-state index in [1.54, 1.807) is 0 Å². The normalized spacial score (nSPS) is 27.0. The van der Waals surface area contributed by atoms with Gasteiger partial charge in [-0.05, 0) is 49.3 Å². The lowest BCUT2D eigenvalue weighted by molar-refractivity contribution is -0.126. The van der Waals surface area contributed by atoms with Gasteiger partial charge in [0.15, 0.2) is 0 Å². The molecule has 1 fully saturated rings. The second-order valence-electron chi connectivity index (χ2n) is 6.21. The molecule has 0 heterocycles. The van der Waals surface area contributed by atoms with Gasteiger partial charge in [0.2, 0.25) is 5.91 Å². The molecule has 0 saturated heterocycles. The third-order valence-electron chi connectivity index (χ3n) is 5.08. The van der Waals surface area contributed by atoms with Gasteiger partial charge in [-0.25, -0.2) is 0 Å². The van der Waals surface area contributed by atoms with Crippen molar-refractivity contribution in [3.05, 3.63) is 35.4 Å². The van der Waals surface area contributed by atoms with E-state index in [1.807, 2.05) is 0 Å². The standard InChI is InChI=1S/C17H24N2O.ClH/c18-10-13-5-3-7-16(13)17(20)19-11-14-9-8-12-4-1-2-6-15(12)14;/h1-2,4,6,13-14,16H,3,5,7-11,18H2,(H,19,20);1H/t13-,14?,16-;/m1./s1. The predicted molar refractivity (Wildman–Crippen MR) is 87.6 cm³/mol. The Labute approximate surface area is 133 Å². The van der Waals surface area contributed by atoms with E-state index in [4.69, 9.17) is 5.73 Å². The average Bonchev–Trinajstić information content (AvgIpc) is 3.11. The van der Waals surface area contributed by atoms with Crippen LogP contribution in [-0.2, 0) is 11.2 Å². The number of rotatable bonds is 4. The number of amides is 1. The zero-order valence-corrected chi connectivity index (χ0v) is 13.2. The molecule has 3 rings (SSSR count). The third-order valence-corrected chi connectivity index (χ3v) is 5.08. The molecule has 3 N–H and O–H groups in total. The molecule has 1 aromatic carbocycles. The molecule has 1 unspecified atom stereocenters. The Bertz CT molecular complexity index is 491. The Balaban J connectivity index is 0.00000161. The summed E-state index contributed by atoms with van der Waals surface area (Å²) in [4.78, 5) is 12.3. The van der Waals surface area contributed by atoms with Crippen molar-refractivity contribution in [3.63, 3.8) is 0 Å². The van der Waals surface area contributed by atoms with E-state index in [9.17, 15) is 4.79 Å². The smallest absolute Gasteiger partial charge is 0.223 e. The first-order valence-electron chi connectivity index (χ1n) is 7.85. The van der Waals surface area contributed by atoms with Crippen LogP contribution in [0.15, 0.2) is 24.3 Å². The zero-order valence-electron chi connectivity index (χ0n) is 12.4. The predicted octanol–water partition coefficient (Wildman–Crippen LogP) is 2.63. The van der Waals surface area contributed by atoms with E-state index in [0.29, 0.717) is 18.4 Å². The highest BCUT2D eigenvalue weighted by Crippen LogP contribution is 2.33. The van der Waals surface area contributed by atoms with Gasteiger partial charge in [-0.15, -0.1) is 12.4 Å². The Morgan fingerprint density at radius 2 is 2.05 bits per heavy atom. The van der Waals surface area contributed by atoms with Gasteiger partial charge in [0.05, 0.1) is 0 Å². The molecule has 3 nitrogen and oxygen atoms in total. The molecule has 3 atom stereocenters. The summed E-state index contributed by atoms with van der Waals surface area (Å²) in [5, 5.41) is 3.18. The maximum Gasteiger partial charge on any atom is 0.223 e. The summed E-state index contributed by atoms with van der Waals surface area (Å²) in [5.74, 6) is 1.26. The average molecular weight is 309 g/mol. The van der Waals surface area contributed by atoms with Crippen molar-refractivity contribution < 1.29 is 4.79 Å². The second kappa shape index (κ2) is 7.28. The van der Waals surface area contributed by atoms with Gasteiger partial charge in [-0.2, -0.15) is 0 Å². The summed E-state index contributed by atoms with van der Waals surface area (Å²) in [6, 6.07) is 8.61. The van der Waals surface area contributed by atoms with Crippen molar-refractivity contribution in [1.29, 1.82) is 0 Å². The number of hydrogen-bond donors (Lipinski definition) is 2. The quantitative estimate of drug-likeness (QED) is 0.898. The Morgan fingerprint density at radius 3 is 2.86 bits per heavy atom. The van der Waals surface area contributed by atoms with Crippen LogP contribution in [-0.4, -0.2) is 19.0 Å². The highest BCUT2D eigenvalue weighted by Gasteiger charge is 2.32. The Morgan fingerprint density at radius 1 is 1.24 bits per heavy atom. The van der Waals surface area contributed by atoms with Gasteiger partial charge in [-0.1, -0.05) is 30.7 Å². The summed E-state index contributed by atoms with van der Waals surface area (Å²) in [6.07, 6.45) is 5.57. The fourth-order valence-electron chi connectivity index (χ4n) is 3.88. The fraction of sp³-hybridized carbons (Fsp3) is 0.588. The lowest BCUT2D eigenvalue weighted by atomic mass is 9.94. The number of carbonyl (C=O) groups is 1. The molecule has 0 radical (unpaired) electrons. The van der Waals surface area contributed by atoms with Gasteiger partial charge in [0.25, 0.3) is 0 Å². The number of nitrogens with one attached hydrogen (secondary N) is 1. The van der Waals surface area contributed by atoms with Crippen LogP contribution in [0.2, 0.25) is 0 Å². The Kier molecular flexibility index (Phi) is 5.65. The van der Waals surface area contributed by atoms with Crippen LogP contribution < -0.4 is 11.1 Å². The lowest BCUT2D eigenvalue weighted by Gasteiger charge is -2.19.